The van der Waals surface area contributed by atoms with Gasteiger partial charge in [0.05, 0.1) is 13.7 Å². The number of amides is 1. The molecule has 5 heteroatoms. The zero-order chi connectivity index (χ0) is 13.7. The van der Waals surface area contributed by atoms with Gasteiger partial charge in [0, 0.05) is 37.4 Å². The van der Waals surface area contributed by atoms with E-state index in [2.05, 4.69) is 22.5 Å². The van der Waals surface area contributed by atoms with Crippen molar-refractivity contribution in [3.05, 3.63) is 24.3 Å². The van der Waals surface area contributed by atoms with E-state index < -0.39 is 0 Å². The average molecular weight is 263 g/mol. The largest absolute Gasteiger partial charge is 0.497 e. The summed E-state index contributed by atoms with van der Waals surface area (Å²) in [5.74, 6) is 0.760. The van der Waals surface area contributed by atoms with Crippen molar-refractivity contribution in [2.24, 2.45) is 0 Å². The summed E-state index contributed by atoms with van der Waals surface area (Å²) in [7, 11) is 1.61. The van der Waals surface area contributed by atoms with Gasteiger partial charge in [0.15, 0.2) is 0 Å². The Labute approximate surface area is 113 Å². The van der Waals surface area contributed by atoms with Gasteiger partial charge in [-0.2, -0.15) is 0 Å². The molecule has 0 radical (unpaired) electrons. The first kappa shape index (κ1) is 13.8. The monoisotopic (exact) mass is 263 g/mol. The SMILES string of the molecule is COc1cccc(NC(=O)CN2CCNC[C@@H]2C)c1. The number of nitrogens with one attached hydrogen (secondary N) is 2. The summed E-state index contributed by atoms with van der Waals surface area (Å²) < 4.78 is 5.13. The normalized spacial score (nSPS) is 20.0. The number of benzene rings is 1. The number of carbonyl (C=O) groups is 1. The first-order valence-electron chi connectivity index (χ1n) is 6.57. The van der Waals surface area contributed by atoms with Crippen LogP contribution in [-0.2, 0) is 4.79 Å². The number of carbonyl (C=O) groups excluding carboxylic acids is 1. The van der Waals surface area contributed by atoms with E-state index in [4.69, 9.17) is 4.74 Å². The van der Waals surface area contributed by atoms with Gasteiger partial charge in [-0.15, -0.1) is 0 Å². The first-order chi connectivity index (χ1) is 9.19. The molecule has 1 aromatic carbocycles. The van der Waals surface area contributed by atoms with Gasteiger partial charge in [0.2, 0.25) is 5.91 Å². The lowest BCUT2D eigenvalue weighted by atomic mass is 10.2. The molecule has 0 bridgehead atoms. The lowest BCUT2D eigenvalue weighted by molar-refractivity contribution is -0.118. The number of hydrogen-bond donors (Lipinski definition) is 2. The number of hydrogen-bond acceptors (Lipinski definition) is 4. The molecular weight excluding hydrogens is 242 g/mol. The third-order valence-electron chi connectivity index (χ3n) is 3.34. The second kappa shape index (κ2) is 6.54. The molecule has 1 aliphatic heterocycles. The van der Waals surface area contributed by atoms with E-state index in [1.54, 1.807) is 7.11 Å². The van der Waals surface area contributed by atoms with Crippen molar-refractivity contribution < 1.29 is 9.53 Å². The summed E-state index contributed by atoms with van der Waals surface area (Å²) >= 11 is 0. The molecule has 1 amide bonds. The Morgan fingerprint density at radius 3 is 3.16 bits per heavy atom. The fraction of sp³-hybridized carbons (Fsp3) is 0.500. The Hall–Kier alpha value is -1.59. The van der Waals surface area contributed by atoms with Crippen molar-refractivity contribution in [2.45, 2.75) is 13.0 Å². The van der Waals surface area contributed by atoms with Crippen molar-refractivity contribution in [1.29, 1.82) is 0 Å². The van der Waals surface area contributed by atoms with Crippen LogP contribution in [-0.4, -0.2) is 50.1 Å². The van der Waals surface area contributed by atoms with Crippen LogP contribution in [0.25, 0.3) is 0 Å². The molecule has 2 rings (SSSR count). The Balaban J connectivity index is 1.89. The van der Waals surface area contributed by atoms with Crippen LogP contribution >= 0.6 is 0 Å². The molecule has 0 spiro atoms. The Bertz CT molecular complexity index is 436. The highest BCUT2D eigenvalue weighted by atomic mass is 16.5. The van der Waals surface area contributed by atoms with Gasteiger partial charge in [-0.25, -0.2) is 0 Å². The van der Waals surface area contributed by atoms with E-state index in [1.807, 2.05) is 24.3 Å². The number of ether oxygens (including phenoxy) is 1. The summed E-state index contributed by atoms with van der Waals surface area (Å²) in [5, 5.41) is 6.22. The van der Waals surface area contributed by atoms with Crippen LogP contribution in [0.5, 0.6) is 5.75 Å². The van der Waals surface area contributed by atoms with Gasteiger partial charge < -0.3 is 15.4 Å². The minimum atomic E-state index is 0.0157. The molecule has 0 unspecified atom stereocenters. The molecule has 1 atom stereocenters. The van der Waals surface area contributed by atoms with Gasteiger partial charge in [0.25, 0.3) is 0 Å². The van der Waals surface area contributed by atoms with E-state index in [9.17, 15) is 4.79 Å². The molecule has 19 heavy (non-hydrogen) atoms. The van der Waals surface area contributed by atoms with Crippen LogP contribution in [0.4, 0.5) is 5.69 Å². The molecule has 1 heterocycles. The Morgan fingerprint density at radius 2 is 2.42 bits per heavy atom. The number of rotatable bonds is 4. The van der Waals surface area contributed by atoms with Crippen molar-refractivity contribution in [3.63, 3.8) is 0 Å². The van der Waals surface area contributed by atoms with Crippen LogP contribution in [0.2, 0.25) is 0 Å². The highest BCUT2D eigenvalue weighted by Gasteiger charge is 2.20. The molecule has 5 nitrogen and oxygen atoms in total. The fourth-order valence-electron chi connectivity index (χ4n) is 2.20. The maximum atomic E-state index is 12.0. The molecule has 0 aromatic heterocycles. The maximum Gasteiger partial charge on any atom is 0.238 e. The molecule has 1 aliphatic rings. The van der Waals surface area contributed by atoms with Gasteiger partial charge in [-0.1, -0.05) is 6.07 Å². The van der Waals surface area contributed by atoms with E-state index in [-0.39, 0.29) is 5.91 Å². The number of anilines is 1. The molecule has 2 N–H and O–H groups in total. The highest BCUT2D eigenvalue weighted by molar-refractivity contribution is 5.92. The number of methoxy groups -OCH3 is 1. The third kappa shape index (κ3) is 3.94. The highest BCUT2D eigenvalue weighted by Crippen LogP contribution is 2.16. The Kier molecular flexibility index (Phi) is 4.76. The predicted molar refractivity (Wildman–Crippen MR) is 75.5 cm³/mol. The van der Waals surface area contributed by atoms with Crippen LogP contribution < -0.4 is 15.4 Å². The van der Waals surface area contributed by atoms with Gasteiger partial charge in [0.1, 0.15) is 5.75 Å². The van der Waals surface area contributed by atoms with Crippen LogP contribution in [0, 0.1) is 0 Å². The lowest BCUT2D eigenvalue weighted by Crippen LogP contribution is -2.51. The molecule has 1 aromatic rings. The zero-order valence-electron chi connectivity index (χ0n) is 11.5. The zero-order valence-corrected chi connectivity index (χ0v) is 11.5. The van der Waals surface area contributed by atoms with Gasteiger partial charge in [-0.3, -0.25) is 9.69 Å². The molecule has 1 fully saturated rings. The fourth-order valence-corrected chi connectivity index (χ4v) is 2.20. The van der Waals surface area contributed by atoms with E-state index >= 15 is 0 Å². The van der Waals surface area contributed by atoms with Crippen LogP contribution in [0.1, 0.15) is 6.92 Å². The Morgan fingerprint density at radius 1 is 1.58 bits per heavy atom. The lowest BCUT2D eigenvalue weighted by Gasteiger charge is -2.33. The molecule has 0 aliphatic carbocycles. The van der Waals surface area contributed by atoms with E-state index in [1.165, 1.54) is 0 Å². The predicted octanol–water partition coefficient (Wildman–Crippen LogP) is 0.927. The quantitative estimate of drug-likeness (QED) is 0.848. The maximum absolute atomic E-state index is 12.0. The van der Waals surface area contributed by atoms with Crippen molar-refractivity contribution in [2.75, 3.05) is 38.6 Å². The van der Waals surface area contributed by atoms with Crippen molar-refractivity contribution in [1.82, 2.24) is 10.2 Å². The summed E-state index contributed by atoms with van der Waals surface area (Å²) in [6.45, 7) is 5.35. The summed E-state index contributed by atoms with van der Waals surface area (Å²) in [5.41, 5.74) is 0.770. The smallest absolute Gasteiger partial charge is 0.238 e. The van der Waals surface area contributed by atoms with E-state index in [0.29, 0.717) is 12.6 Å². The molecular formula is C14H21N3O2. The number of nitrogens with zero attached hydrogens (tertiary/aromatic N) is 1. The standard InChI is InChI=1S/C14H21N3O2/c1-11-9-15-6-7-17(11)10-14(18)16-12-4-3-5-13(8-12)19-2/h3-5,8,11,15H,6-7,9-10H2,1-2H3,(H,16,18)/t11-/m0/s1. The van der Waals surface area contributed by atoms with Crippen LogP contribution in [0.3, 0.4) is 0 Å². The minimum Gasteiger partial charge on any atom is -0.497 e. The topological polar surface area (TPSA) is 53.6 Å². The summed E-state index contributed by atoms with van der Waals surface area (Å²) in [6, 6.07) is 7.79. The second-order valence-corrected chi connectivity index (χ2v) is 4.80. The van der Waals surface area contributed by atoms with E-state index in [0.717, 1.165) is 31.1 Å². The van der Waals surface area contributed by atoms with Gasteiger partial charge >= 0.3 is 0 Å². The summed E-state index contributed by atoms with van der Waals surface area (Å²) in [4.78, 5) is 14.2. The molecule has 1 saturated heterocycles. The average Bonchev–Trinajstić information content (AvgIpc) is 2.41. The minimum absolute atomic E-state index is 0.0157. The van der Waals surface area contributed by atoms with Crippen LogP contribution in [0.15, 0.2) is 24.3 Å². The third-order valence-corrected chi connectivity index (χ3v) is 3.34. The molecule has 0 saturated carbocycles. The van der Waals surface area contributed by atoms with Crippen molar-refractivity contribution in [3.8, 4) is 5.75 Å². The van der Waals surface area contributed by atoms with Gasteiger partial charge in [-0.05, 0) is 19.1 Å². The molecule has 104 valence electrons. The second-order valence-electron chi connectivity index (χ2n) is 4.80. The number of piperazine rings is 1. The summed E-state index contributed by atoms with van der Waals surface area (Å²) in [6.07, 6.45) is 0. The first-order valence-corrected chi connectivity index (χ1v) is 6.57. The van der Waals surface area contributed by atoms with Crippen molar-refractivity contribution >= 4 is 11.6 Å².